The molecule has 0 saturated carbocycles. The van der Waals surface area contributed by atoms with E-state index in [0.717, 1.165) is 32.2 Å². The van der Waals surface area contributed by atoms with Crippen LogP contribution < -0.4 is 5.32 Å². The molecule has 0 aromatic carbocycles. The minimum absolute atomic E-state index is 0.494. The van der Waals surface area contributed by atoms with Gasteiger partial charge in [-0.1, -0.05) is 20.3 Å². The zero-order valence-corrected chi connectivity index (χ0v) is 11.5. The van der Waals surface area contributed by atoms with Crippen LogP contribution in [0.1, 0.15) is 39.5 Å². The smallest absolute Gasteiger partial charge is 0.0702 e. The standard InChI is InChI=1S/C14H28N2O/c1-3-12(2)14-10-15-7-8-16(14)11-13-6-4-5-9-17-13/h12-15H,3-11H2,1-2H3. The lowest BCUT2D eigenvalue weighted by Crippen LogP contribution is -2.56. The van der Waals surface area contributed by atoms with Crippen LogP contribution in [0.15, 0.2) is 0 Å². The van der Waals surface area contributed by atoms with E-state index in [-0.39, 0.29) is 0 Å². The largest absolute Gasteiger partial charge is 0.377 e. The van der Waals surface area contributed by atoms with Gasteiger partial charge in [-0.15, -0.1) is 0 Å². The van der Waals surface area contributed by atoms with E-state index >= 15 is 0 Å². The minimum atomic E-state index is 0.494. The fourth-order valence-electron chi connectivity index (χ4n) is 3.04. The monoisotopic (exact) mass is 240 g/mol. The molecule has 2 aliphatic heterocycles. The third-order valence-corrected chi connectivity index (χ3v) is 4.41. The van der Waals surface area contributed by atoms with E-state index in [2.05, 4.69) is 24.1 Å². The Labute approximate surface area is 106 Å². The Morgan fingerprint density at radius 3 is 3.00 bits per heavy atom. The van der Waals surface area contributed by atoms with E-state index in [4.69, 9.17) is 4.74 Å². The first-order chi connectivity index (χ1) is 8.31. The van der Waals surface area contributed by atoms with E-state index in [1.54, 1.807) is 0 Å². The summed E-state index contributed by atoms with van der Waals surface area (Å²) in [4.78, 5) is 2.67. The molecule has 100 valence electrons. The second-order valence-electron chi connectivity index (χ2n) is 5.64. The van der Waals surface area contributed by atoms with Crippen LogP contribution in [-0.4, -0.2) is 49.8 Å². The molecule has 0 radical (unpaired) electrons. The molecule has 3 heteroatoms. The third-order valence-electron chi connectivity index (χ3n) is 4.41. The number of nitrogens with one attached hydrogen (secondary N) is 1. The molecule has 2 saturated heterocycles. The Morgan fingerprint density at radius 2 is 2.29 bits per heavy atom. The van der Waals surface area contributed by atoms with Crippen molar-refractivity contribution < 1.29 is 4.74 Å². The molecule has 2 rings (SSSR count). The number of ether oxygens (including phenoxy) is 1. The molecule has 3 unspecified atom stereocenters. The van der Waals surface area contributed by atoms with Crippen LogP contribution in [0.3, 0.4) is 0 Å². The van der Waals surface area contributed by atoms with Crippen molar-refractivity contribution in [1.29, 1.82) is 0 Å². The molecule has 0 aromatic heterocycles. The summed E-state index contributed by atoms with van der Waals surface area (Å²) in [5.74, 6) is 0.784. The summed E-state index contributed by atoms with van der Waals surface area (Å²) in [5, 5.41) is 3.53. The van der Waals surface area contributed by atoms with E-state index in [1.807, 2.05) is 0 Å². The fraction of sp³-hybridized carbons (Fsp3) is 1.00. The van der Waals surface area contributed by atoms with Gasteiger partial charge in [0.2, 0.25) is 0 Å². The van der Waals surface area contributed by atoms with Gasteiger partial charge in [0.1, 0.15) is 0 Å². The number of rotatable bonds is 4. The van der Waals surface area contributed by atoms with E-state index < -0.39 is 0 Å². The zero-order chi connectivity index (χ0) is 12.1. The van der Waals surface area contributed by atoms with Gasteiger partial charge in [-0.2, -0.15) is 0 Å². The van der Waals surface area contributed by atoms with Gasteiger partial charge in [-0.3, -0.25) is 4.90 Å². The van der Waals surface area contributed by atoms with Gasteiger partial charge in [0.05, 0.1) is 6.10 Å². The molecular weight excluding hydrogens is 212 g/mol. The van der Waals surface area contributed by atoms with Gasteiger partial charge in [0, 0.05) is 38.8 Å². The average Bonchev–Trinajstić information content (AvgIpc) is 2.40. The maximum atomic E-state index is 5.88. The lowest BCUT2D eigenvalue weighted by molar-refractivity contribution is -0.0232. The highest BCUT2D eigenvalue weighted by Gasteiger charge is 2.28. The molecule has 3 nitrogen and oxygen atoms in total. The zero-order valence-electron chi connectivity index (χ0n) is 11.5. The first kappa shape index (κ1) is 13.3. The SMILES string of the molecule is CCC(C)C1CNCCN1CC1CCCCO1. The summed E-state index contributed by atoms with van der Waals surface area (Å²) in [6.07, 6.45) is 5.64. The van der Waals surface area contributed by atoms with Crippen LogP contribution >= 0.6 is 0 Å². The van der Waals surface area contributed by atoms with Crippen molar-refractivity contribution in [3.8, 4) is 0 Å². The summed E-state index contributed by atoms with van der Waals surface area (Å²) in [6, 6.07) is 0.708. The molecule has 1 N–H and O–H groups in total. The van der Waals surface area contributed by atoms with Gasteiger partial charge in [-0.25, -0.2) is 0 Å². The van der Waals surface area contributed by atoms with Crippen LogP contribution in [0.2, 0.25) is 0 Å². The topological polar surface area (TPSA) is 24.5 Å². The van der Waals surface area contributed by atoms with Gasteiger partial charge in [0.15, 0.2) is 0 Å². The molecule has 3 atom stereocenters. The van der Waals surface area contributed by atoms with Crippen molar-refractivity contribution in [3.63, 3.8) is 0 Å². The van der Waals surface area contributed by atoms with Crippen LogP contribution in [-0.2, 0) is 4.74 Å². The Bertz CT molecular complexity index is 216. The Balaban J connectivity index is 1.86. The predicted octanol–water partition coefficient (Wildman–Crippen LogP) is 1.88. The summed E-state index contributed by atoms with van der Waals surface area (Å²) in [6.45, 7) is 10.3. The summed E-state index contributed by atoms with van der Waals surface area (Å²) in [7, 11) is 0. The lowest BCUT2D eigenvalue weighted by atomic mass is 9.95. The number of piperazine rings is 1. The first-order valence-corrected chi connectivity index (χ1v) is 7.37. The van der Waals surface area contributed by atoms with Crippen molar-refractivity contribution in [2.45, 2.75) is 51.7 Å². The Hall–Kier alpha value is -0.120. The van der Waals surface area contributed by atoms with Crippen molar-refractivity contribution >= 4 is 0 Å². The molecular formula is C14H28N2O. The van der Waals surface area contributed by atoms with Gasteiger partial charge >= 0.3 is 0 Å². The van der Waals surface area contributed by atoms with Crippen LogP contribution in [0.4, 0.5) is 0 Å². The van der Waals surface area contributed by atoms with Crippen LogP contribution in [0.5, 0.6) is 0 Å². The minimum Gasteiger partial charge on any atom is -0.377 e. The molecule has 2 fully saturated rings. The van der Waals surface area contributed by atoms with Gasteiger partial charge in [-0.05, 0) is 25.2 Å². The summed E-state index contributed by atoms with van der Waals surface area (Å²) < 4.78 is 5.88. The number of hydrogen-bond acceptors (Lipinski definition) is 3. The highest BCUT2D eigenvalue weighted by Crippen LogP contribution is 2.20. The molecule has 2 aliphatic rings. The molecule has 0 aliphatic carbocycles. The molecule has 0 bridgehead atoms. The third kappa shape index (κ3) is 3.67. The van der Waals surface area contributed by atoms with Gasteiger partial charge < -0.3 is 10.1 Å². The van der Waals surface area contributed by atoms with Crippen LogP contribution in [0, 0.1) is 5.92 Å². The number of nitrogens with zero attached hydrogens (tertiary/aromatic N) is 1. The molecule has 0 spiro atoms. The Kier molecular flexibility index (Phi) is 5.26. The Morgan fingerprint density at radius 1 is 1.41 bits per heavy atom. The van der Waals surface area contributed by atoms with E-state index in [0.29, 0.717) is 12.1 Å². The molecule has 0 amide bonds. The fourth-order valence-corrected chi connectivity index (χ4v) is 3.04. The average molecular weight is 240 g/mol. The quantitative estimate of drug-likeness (QED) is 0.812. The first-order valence-electron chi connectivity index (χ1n) is 7.37. The van der Waals surface area contributed by atoms with Crippen molar-refractivity contribution in [3.05, 3.63) is 0 Å². The summed E-state index contributed by atoms with van der Waals surface area (Å²) >= 11 is 0. The summed E-state index contributed by atoms with van der Waals surface area (Å²) in [5.41, 5.74) is 0. The van der Waals surface area contributed by atoms with Crippen molar-refractivity contribution in [1.82, 2.24) is 10.2 Å². The van der Waals surface area contributed by atoms with E-state index in [1.165, 1.54) is 32.2 Å². The highest BCUT2D eigenvalue weighted by atomic mass is 16.5. The normalized spacial score (nSPS) is 33.5. The maximum absolute atomic E-state index is 5.88. The van der Waals surface area contributed by atoms with Crippen molar-refractivity contribution in [2.24, 2.45) is 5.92 Å². The van der Waals surface area contributed by atoms with Crippen LogP contribution in [0.25, 0.3) is 0 Å². The van der Waals surface area contributed by atoms with Crippen molar-refractivity contribution in [2.75, 3.05) is 32.8 Å². The van der Waals surface area contributed by atoms with Gasteiger partial charge in [0.25, 0.3) is 0 Å². The number of hydrogen-bond donors (Lipinski definition) is 1. The molecule has 17 heavy (non-hydrogen) atoms. The second kappa shape index (κ2) is 6.72. The highest BCUT2D eigenvalue weighted by molar-refractivity contribution is 4.85. The molecule has 2 heterocycles. The second-order valence-corrected chi connectivity index (χ2v) is 5.64. The maximum Gasteiger partial charge on any atom is 0.0702 e. The predicted molar refractivity (Wildman–Crippen MR) is 71.3 cm³/mol. The lowest BCUT2D eigenvalue weighted by Gasteiger charge is -2.41. The van der Waals surface area contributed by atoms with E-state index in [9.17, 15) is 0 Å². The molecule has 0 aromatic rings.